The van der Waals surface area contributed by atoms with Crippen molar-refractivity contribution in [3.8, 4) is 17.2 Å². The van der Waals surface area contributed by atoms with Gasteiger partial charge in [-0.1, -0.05) is 6.07 Å². The van der Waals surface area contributed by atoms with Gasteiger partial charge in [-0.2, -0.15) is 5.10 Å². The first-order valence-electron chi connectivity index (χ1n) is 9.52. The van der Waals surface area contributed by atoms with Crippen molar-refractivity contribution in [1.29, 1.82) is 0 Å². The molecule has 1 heterocycles. The van der Waals surface area contributed by atoms with Crippen LogP contribution in [0.15, 0.2) is 58.0 Å². The van der Waals surface area contributed by atoms with E-state index in [9.17, 15) is 9.59 Å². The van der Waals surface area contributed by atoms with Crippen molar-refractivity contribution in [3.63, 3.8) is 0 Å². The van der Waals surface area contributed by atoms with Crippen LogP contribution in [0, 0.1) is 6.92 Å². The predicted octanol–water partition coefficient (Wildman–Crippen LogP) is 3.65. The normalized spacial score (nSPS) is 10.7. The molecule has 0 saturated carbocycles. The summed E-state index contributed by atoms with van der Waals surface area (Å²) in [5, 5.41) is 12.9. The summed E-state index contributed by atoms with van der Waals surface area (Å²) in [7, 11) is 2.99. The quantitative estimate of drug-likeness (QED) is 0.387. The third kappa shape index (κ3) is 5.45. The minimum Gasteiger partial charge on any atom is -0.496 e. The summed E-state index contributed by atoms with van der Waals surface area (Å²) >= 11 is 0. The van der Waals surface area contributed by atoms with Crippen LogP contribution in [0.2, 0.25) is 0 Å². The monoisotopic (exact) mass is 438 g/mol. The van der Waals surface area contributed by atoms with E-state index >= 15 is 0 Å². The Balaban J connectivity index is 1.64. The van der Waals surface area contributed by atoms with E-state index in [4.69, 9.17) is 23.7 Å². The summed E-state index contributed by atoms with van der Waals surface area (Å²) in [6.45, 7) is 1.94. The zero-order valence-electron chi connectivity index (χ0n) is 17.7. The molecule has 0 spiro atoms. The van der Waals surface area contributed by atoms with Crippen molar-refractivity contribution in [1.82, 2.24) is 5.43 Å². The number of carbonyl (C=O) groups is 2. The van der Waals surface area contributed by atoms with Gasteiger partial charge >= 0.3 is 5.97 Å². The second-order valence-corrected chi connectivity index (χ2v) is 6.67. The van der Waals surface area contributed by atoms with Gasteiger partial charge in [0.15, 0.2) is 11.5 Å². The second kappa shape index (κ2) is 10.2. The smallest absolute Gasteiger partial charge is 0.371 e. The molecule has 0 bridgehead atoms. The highest BCUT2D eigenvalue weighted by Crippen LogP contribution is 2.28. The fourth-order valence-corrected chi connectivity index (χ4v) is 2.81. The number of rotatable bonds is 9. The molecule has 2 N–H and O–H groups in total. The van der Waals surface area contributed by atoms with Gasteiger partial charge in [0.2, 0.25) is 5.76 Å². The SMILES string of the molecule is COc1cc(/C=N\NC(=O)c2ccc(C)cc2OC)ccc1OCc1ccc(C(=O)O)o1. The van der Waals surface area contributed by atoms with Gasteiger partial charge in [-0.15, -0.1) is 0 Å². The first kappa shape index (κ1) is 22.4. The van der Waals surface area contributed by atoms with Crippen LogP contribution in [0.4, 0.5) is 0 Å². The van der Waals surface area contributed by atoms with Crippen LogP contribution < -0.4 is 19.6 Å². The molecular weight excluding hydrogens is 416 g/mol. The van der Waals surface area contributed by atoms with Crippen molar-refractivity contribution in [3.05, 3.63) is 76.7 Å². The van der Waals surface area contributed by atoms with Crippen LogP contribution in [0.5, 0.6) is 17.2 Å². The molecule has 0 aliphatic rings. The number of hydrogen-bond acceptors (Lipinski definition) is 7. The Kier molecular flexibility index (Phi) is 7.12. The minimum absolute atomic E-state index is 0.0333. The van der Waals surface area contributed by atoms with Crippen molar-refractivity contribution in [2.75, 3.05) is 14.2 Å². The highest BCUT2D eigenvalue weighted by molar-refractivity contribution is 5.97. The number of amides is 1. The van der Waals surface area contributed by atoms with Crippen LogP contribution in [0.1, 0.15) is 37.8 Å². The summed E-state index contributed by atoms with van der Waals surface area (Å²) in [6.07, 6.45) is 1.47. The van der Waals surface area contributed by atoms with E-state index in [1.165, 1.54) is 32.6 Å². The maximum Gasteiger partial charge on any atom is 0.371 e. The zero-order chi connectivity index (χ0) is 23.1. The van der Waals surface area contributed by atoms with Crippen LogP contribution in [-0.4, -0.2) is 37.4 Å². The molecule has 3 aromatic rings. The molecule has 2 aromatic carbocycles. The van der Waals surface area contributed by atoms with Crippen molar-refractivity contribution < 1.29 is 33.3 Å². The lowest BCUT2D eigenvalue weighted by Crippen LogP contribution is -2.18. The van der Waals surface area contributed by atoms with Gasteiger partial charge in [0.25, 0.3) is 5.91 Å². The standard InChI is InChI=1S/C23H22N2O7/c1-14-4-7-17(20(10-14)29-2)22(26)25-24-12-15-5-8-18(21(11-15)30-3)31-13-16-6-9-19(32-16)23(27)28/h4-12H,13H2,1-3H3,(H,25,26)(H,27,28)/b24-12-. The molecule has 0 unspecified atom stereocenters. The summed E-state index contributed by atoms with van der Waals surface area (Å²) in [4.78, 5) is 23.3. The van der Waals surface area contributed by atoms with Gasteiger partial charge < -0.3 is 23.7 Å². The summed E-state index contributed by atoms with van der Waals surface area (Å²) in [5.74, 6) is -0.00361. The van der Waals surface area contributed by atoms with Gasteiger partial charge in [0, 0.05) is 0 Å². The maximum absolute atomic E-state index is 12.4. The molecule has 166 valence electrons. The molecule has 0 radical (unpaired) electrons. The first-order valence-corrected chi connectivity index (χ1v) is 9.52. The molecule has 9 heteroatoms. The molecule has 0 fully saturated rings. The molecule has 0 aliphatic carbocycles. The van der Waals surface area contributed by atoms with Gasteiger partial charge in [-0.05, 0) is 60.5 Å². The molecule has 1 amide bonds. The number of carboxylic acid groups (broad SMARTS) is 1. The molecule has 32 heavy (non-hydrogen) atoms. The van der Waals surface area contributed by atoms with E-state index in [-0.39, 0.29) is 12.4 Å². The molecular formula is C23H22N2O7. The Bertz CT molecular complexity index is 1150. The number of aromatic carboxylic acids is 1. The number of benzene rings is 2. The van der Waals surface area contributed by atoms with E-state index in [1.807, 2.05) is 13.0 Å². The number of hydrazone groups is 1. The number of nitrogens with zero attached hydrogens (tertiary/aromatic N) is 1. The summed E-state index contributed by atoms with van der Waals surface area (Å²) in [5.41, 5.74) is 4.49. The topological polar surface area (TPSA) is 120 Å². The third-order valence-corrected chi connectivity index (χ3v) is 4.41. The minimum atomic E-state index is -1.15. The van der Waals surface area contributed by atoms with E-state index in [2.05, 4.69) is 10.5 Å². The second-order valence-electron chi connectivity index (χ2n) is 6.67. The van der Waals surface area contributed by atoms with E-state index in [0.717, 1.165) is 5.56 Å². The molecule has 1 aromatic heterocycles. The average molecular weight is 438 g/mol. The lowest BCUT2D eigenvalue weighted by atomic mass is 10.1. The molecule has 0 atom stereocenters. The Morgan fingerprint density at radius 2 is 1.81 bits per heavy atom. The number of methoxy groups -OCH3 is 2. The number of hydrogen-bond donors (Lipinski definition) is 2. The lowest BCUT2D eigenvalue weighted by Gasteiger charge is -2.10. The third-order valence-electron chi connectivity index (χ3n) is 4.41. The van der Waals surface area contributed by atoms with Crippen LogP contribution in [-0.2, 0) is 6.61 Å². The number of aryl methyl sites for hydroxylation is 1. The van der Waals surface area contributed by atoms with Gasteiger partial charge in [-0.3, -0.25) is 4.79 Å². The van der Waals surface area contributed by atoms with Gasteiger partial charge in [0.1, 0.15) is 18.1 Å². The Hall–Kier alpha value is -4.27. The Morgan fingerprint density at radius 1 is 1.03 bits per heavy atom. The number of ether oxygens (including phenoxy) is 3. The zero-order valence-corrected chi connectivity index (χ0v) is 17.7. The van der Waals surface area contributed by atoms with E-state index < -0.39 is 11.9 Å². The predicted molar refractivity (Wildman–Crippen MR) is 116 cm³/mol. The van der Waals surface area contributed by atoms with Crippen molar-refractivity contribution >= 4 is 18.1 Å². The van der Waals surface area contributed by atoms with Crippen LogP contribution in [0.25, 0.3) is 0 Å². The number of carboxylic acids is 1. The van der Waals surface area contributed by atoms with Crippen LogP contribution in [0.3, 0.4) is 0 Å². The van der Waals surface area contributed by atoms with Crippen molar-refractivity contribution in [2.45, 2.75) is 13.5 Å². The van der Waals surface area contributed by atoms with Gasteiger partial charge in [0.05, 0.1) is 26.0 Å². The van der Waals surface area contributed by atoms with Crippen molar-refractivity contribution in [2.24, 2.45) is 5.10 Å². The Morgan fingerprint density at radius 3 is 2.50 bits per heavy atom. The average Bonchev–Trinajstić information content (AvgIpc) is 3.27. The molecule has 0 aliphatic heterocycles. The van der Waals surface area contributed by atoms with E-state index in [0.29, 0.717) is 34.1 Å². The summed E-state index contributed by atoms with van der Waals surface area (Å²) < 4.78 is 21.4. The first-order chi connectivity index (χ1) is 15.4. The molecule has 9 nitrogen and oxygen atoms in total. The highest BCUT2D eigenvalue weighted by Gasteiger charge is 2.12. The Labute approximate surface area is 184 Å². The lowest BCUT2D eigenvalue weighted by molar-refractivity contribution is 0.0657. The fraction of sp³-hybridized carbons (Fsp3) is 0.174. The maximum atomic E-state index is 12.4. The number of carbonyl (C=O) groups excluding carboxylic acids is 1. The fourth-order valence-electron chi connectivity index (χ4n) is 2.81. The highest BCUT2D eigenvalue weighted by atomic mass is 16.5. The number of furan rings is 1. The molecule has 0 saturated heterocycles. The number of nitrogens with one attached hydrogen (secondary N) is 1. The largest absolute Gasteiger partial charge is 0.496 e. The summed E-state index contributed by atoms with van der Waals surface area (Å²) in [6, 6.07) is 13.2. The molecule has 3 rings (SSSR count). The van der Waals surface area contributed by atoms with Gasteiger partial charge in [-0.25, -0.2) is 10.2 Å². The van der Waals surface area contributed by atoms with Crippen LogP contribution >= 0.6 is 0 Å². The van der Waals surface area contributed by atoms with E-state index in [1.54, 1.807) is 30.3 Å².